The number of carbonyl (C=O) groups excluding carboxylic acids is 2. The zero-order valence-electron chi connectivity index (χ0n) is 15.2. The predicted molar refractivity (Wildman–Crippen MR) is 86.4 cm³/mol. The van der Waals surface area contributed by atoms with E-state index in [1.165, 1.54) is 13.3 Å². The molecule has 4 fully saturated rings. The van der Waals surface area contributed by atoms with Gasteiger partial charge in [-0.1, -0.05) is 0 Å². The van der Waals surface area contributed by atoms with Crippen LogP contribution in [0.5, 0.6) is 0 Å². The first-order valence-corrected chi connectivity index (χ1v) is 9.82. The molecule has 4 aliphatic carbocycles. The second-order valence-electron chi connectivity index (χ2n) is 8.15. The van der Waals surface area contributed by atoms with Crippen LogP contribution in [0.15, 0.2) is 0 Å². The van der Waals surface area contributed by atoms with E-state index in [1.807, 2.05) is 6.92 Å². The van der Waals surface area contributed by atoms with Gasteiger partial charge in [0.2, 0.25) is 0 Å². The molecule has 1 atom stereocenters. The Morgan fingerprint density at radius 3 is 2.26 bits per heavy atom. The third-order valence-electron chi connectivity index (χ3n) is 6.35. The Morgan fingerprint density at radius 1 is 1.19 bits per heavy atom. The Morgan fingerprint density at radius 2 is 1.74 bits per heavy atom. The van der Waals surface area contributed by atoms with Crippen LogP contribution >= 0.6 is 12.0 Å². The van der Waals surface area contributed by atoms with Crippen molar-refractivity contribution in [2.45, 2.75) is 56.8 Å². The maximum absolute atomic E-state index is 13.3. The molecule has 0 N–H and O–H groups in total. The van der Waals surface area contributed by atoms with E-state index in [4.69, 9.17) is 4.74 Å². The number of rotatable bonds is 8. The van der Waals surface area contributed by atoms with Gasteiger partial charge in [0.25, 0.3) is 0 Å². The Labute approximate surface area is 160 Å². The highest BCUT2D eigenvalue weighted by molar-refractivity contribution is 7.96. The fourth-order valence-corrected chi connectivity index (χ4v) is 5.29. The summed E-state index contributed by atoms with van der Waals surface area (Å²) in [4.78, 5) is 23.9. The largest absolute Gasteiger partial charge is 0.691 e. The van der Waals surface area contributed by atoms with Gasteiger partial charge in [0.1, 0.15) is 24.3 Å². The summed E-state index contributed by atoms with van der Waals surface area (Å²) in [5.74, 6) is -1.27. The molecule has 0 amide bonds. The molecule has 7 nitrogen and oxygen atoms in total. The summed E-state index contributed by atoms with van der Waals surface area (Å²) < 4.78 is 40.4. The maximum Gasteiger partial charge on any atom is 0.415 e. The lowest BCUT2D eigenvalue weighted by molar-refractivity contribution is -0.777. The number of carbonyl (C=O) groups is 2. The molecule has 10 heteroatoms. The second-order valence-corrected chi connectivity index (χ2v) is 8.96. The quantitative estimate of drug-likeness (QED) is 0.261. The molecule has 0 radical (unpaired) electrons. The normalized spacial score (nSPS) is 35.7. The van der Waals surface area contributed by atoms with Crippen molar-refractivity contribution in [2.75, 3.05) is 6.61 Å². The lowest BCUT2D eigenvalue weighted by atomic mass is 9.50. The van der Waals surface area contributed by atoms with Crippen molar-refractivity contribution in [2.24, 2.45) is 29.6 Å². The van der Waals surface area contributed by atoms with E-state index in [-0.39, 0.29) is 0 Å². The number of hydrogen-bond acceptors (Lipinski definition) is 8. The molecule has 4 aliphatic rings. The molecule has 4 rings (SSSR count). The first-order valence-electron chi connectivity index (χ1n) is 9.08. The van der Waals surface area contributed by atoms with Gasteiger partial charge >= 0.3 is 17.2 Å². The molecule has 0 spiro atoms. The van der Waals surface area contributed by atoms with Crippen LogP contribution in [-0.4, -0.2) is 29.4 Å². The summed E-state index contributed by atoms with van der Waals surface area (Å²) in [6, 6.07) is 0. The first kappa shape index (κ1) is 20.8. The number of esters is 2. The predicted octanol–water partition coefficient (Wildman–Crippen LogP) is 2.39. The Balaban J connectivity index is 1.51. The standard InChI is InChI=1S/C17H24F2O7S/c1-9(8-23-15(21)17(18,19)27-26-25-22)14(20)24-16(2)12-4-10-3-11(6-12)7-13(16)5-10/h9-13,22H,3-8H2,1-2H3/p-1. The molecule has 0 aromatic carbocycles. The SMILES string of the molecule is CC(COC(=O)C(F)(F)SOO[O-])C(=O)OC1(C)C2CC3CC(C2)CC1C3. The van der Waals surface area contributed by atoms with E-state index in [2.05, 4.69) is 14.1 Å². The van der Waals surface area contributed by atoms with Crippen LogP contribution in [0, 0.1) is 29.6 Å². The lowest BCUT2D eigenvalue weighted by Gasteiger charge is -2.59. The summed E-state index contributed by atoms with van der Waals surface area (Å²) >= 11 is -0.769. The van der Waals surface area contributed by atoms with Gasteiger partial charge < -0.3 is 14.7 Å². The molecule has 27 heavy (non-hydrogen) atoms. The molecule has 0 aromatic rings. The van der Waals surface area contributed by atoms with Gasteiger partial charge in [-0.25, -0.2) is 4.79 Å². The minimum absolute atomic E-state index is 0.331. The van der Waals surface area contributed by atoms with Crippen molar-refractivity contribution >= 4 is 24.0 Å². The van der Waals surface area contributed by atoms with Crippen LogP contribution in [0.25, 0.3) is 0 Å². The molecule has 154 valence electrons. The van der Waals surface area contributed by atoms with Crippen molar-refractivity contribution in [3.63, 3.8) is 0 Å². The van der Waals surface area contributed by atoms with Gasteiger partial charge in [0.05, 0.1) is 5.92 Å². The van der Waals surface area contributed by atoms with Gasteiger partial charge in [-0.15, -0.1) is 0 Å². The van der Waals surface area contributed by atoms with Crippen molar-refractivity contribution in [1.29, 1.82) is 0 Å². The Bertz CT molecular complexity index is 558. The minimum atomic E-state index is -4.12. The van der Waals surface area contributed by atoms with Crippen LogP contribution in [0.1, 0.15) is 46.0 Å². The minimum Gasteiger partial charge on any atom is -0.691 e. The van der Waals surface area contributed by atoms with Gasteiger partial charge in [-0.05, 0) is 69.6 Å². The number of alkyl halides is 2. The number of halogens is 2. The summed E-state index contributed by atoms with van der Waals surface area (Å²) in [6.45, 7) is 2.88. The number of hydrogen-bond donors (Lipinski definition) is 0. The van der Waals surface area contributed by atoms with Crippen molar-refractivity contribution in [1.82, 2.24) is 0 Å². The average Bonchev–Trinajstić information content (AvgIpc) is 2.61. The highest BCUT2D eigenvalue weighted by atomic mass is 32.2. The molecule has 0 saturated heterocycles. The summed E-state index contributed by atoms with van der Waals surface area (Å²) in [5, 5.41) is 8.25. The van der Waals surface area contributed by atoms with Crippen LogP contribution in [0.2, 0.25) is 0 Å². The maximum atomic E-state index is 13.3. The van der Waals surface area contributed by atoms with E-state index in [9.17, 15) is 23.6 Å². The van der Waals surface area contributed by atoms with Gasteiger partial charge in [-0.3, -0.25) is 9.83 Å². The van der Waals surface area contributed by atoms with Crippen LogP contribution < -0.4 is 5.26 Å². The summed E-state index contributed by atoms with van der Waals surface area (Å²) in [5.41, 5.74) is -0.540. The zero-order chi connectivity index (χ0) is 19.8. The molecular formula is C17H23F2O7S-. The molecule has 4 bridgehead atoms. The highest BCUT2D eigenvalue weighted by Crippen LogP contribution is 2.59. The third kappa shape index (κ3) is 4.23. The molecule has 4 saturated carbocycles. The van der Waals surface area contributed by atoms with E-state index >= 15 is 0 Å². The Hall–Kier alpha value is -0.970. The monoisotopic (exact) mass is 409 g/mol. The highest BCUT2D eigenvalue weighted by Gasteiger charge is 2.57. The van der Waals surface area contributed by atoms with Gasteiger partial charge in [0, 0.05) is 0 Å². The smallest absolute Gasteiger partial charge is 0.415 e. The van der Waals surface area contributed by atoms with Gasteiger partial charge in [-0.2, -0.15) is 13.1 Å². The van der Waals surface area contributed by atoms with E-state index in [0.717, 1.165) is 37.5 Å². The number of ether oxygens (including phenoxy) is 2. The third-order valence-corrected chi connectivity index (χ3v) is 6.85. The van der Waals surface area contributed by atoms with Crippen LogP contribution in [-0.2, 0) is 28.4 Å². The molecule has 0 aliphatic heterocycles. The summed E-state index contributed by atoms with van der Waals surface area (Å²) in [6.07, 6.45) is 5.52. The Kier molecular flexibility index (Phi) is 6.00. The fraction of sp³-hybridized carbons (Fsp3) is 0.882. The van der Waals surface area contributed by atoms with Crippen LogP contribution in [0.4, 0.5) is 8.78 Å². The van der Waals surface area contributed by atoms with Crippen molar-refractivity contribution in [3.8, 4) is 0 Å². The summed E-state index contributed by atoms with van der Waals surface area (Å²) in [7, 11) is 0. The van der Waals surface area contributed by atoms with Crippen molar-refractivity contribution in [3.05, 3.63) is 0 Å². The van der Waals surface area contributed by atoms with E-state index in [0.29, 0.717) is 11.8 Å². The lowest BCUT2D eigenvalue weighted by Crippen LogP contribution is -2.58. The molecule has 1 unspecified atom stereocenters. The second kappa shape index (κ2) is 7.81. The molecule has 0 heterocycles. The topological polar surface area (TPSA) is 94.1 Å². The fourth-order valence-electron chi connectivity index (χ4n) is 5.05. The van der Waals surface area contributed by atoms with Crippen LogP contribution in [0.3, 0.4) is 0 Å². The molecular weight excluding hydrogens is 386 g/mol. The first-order chi connectivity index (χ1) is 12.7. The molecule has 0 aromatic heterocycles. The van der Waals surface area contributed by atoms with E-state index < -0.39 is 47.4 Å². The zero-order valence-corrected chi connectivity index (χ0v) is 16.0. The van der Waals surface area contributed by atoms with Crippen molar-refractivity contribution < 1.29 is 42.5 Å². The van der Waals surface area contributed by atoms with E-state index in [1.54, 1.807) is 0 Å². The average molecular weight is 409 g/mol. The van der Waals surface area contributed by atoms with Gasteiger partial charge in [0.15, 0.2) is 0 Å².